The summed E-state index contributed by atoms with van der Waals surface area (Å²) in [6, 6.07) is 14.9. The maximum atomic E-state index is 11.8. The van der Waals surface area contributed by atoms with Gasteiger partial charge in [-0.2, -0.15) is 0 Å². The van der Waals surface area contributed by atoms with Crippen LogP contribution in [0, 0.1) is 11.8 Å². The van der Waals surface area contributed by atoms with Gasteiger partial charge in [0.15, 0.2) is 6.61 Å². The first-order valence-corrected chi connectivity index (χ1v) is 13.2. The molecule has 0 aliphatic heterocycles. The van der Waals surface area contributed by atoms with E-state index in [9.17, 15) is 4.79 Å². The normalized spacial score (nSPS) is 17.4. The molecule has 0 spiro atoms. The Bertz CT molecular complexity index is 836. The van der Waals surface area contributed by atoms with Crippen LogP contribution in [-0.4, -0.2) is 24.7 Å². The Labute approximate surface area is 215 Å². The maximum absolute atomic E-state index is 11.8. The summed E-state index contributed by atoms with van der Waals surface area (Å²) in [5.74, 6) is 2.91. The van der Waals surface area contributed by atoms with E-state index in [-0.39, 0.29) is 18.6 Å². The first-order chi connectivity index (χ1) is 16.4. The number of carbonyl (C=O) groups excluding carboxylic acids is 1. The largest absolute Gasteiger partial charge is 0.490 e. The van der Waals surface area contributed by atoms with Gasteiger partial charge in [0, 0.05) is 16.1 Å². The molecule has 4 nitrogen and oxygen atoms in total. The summed E-state index contributed by atoms with van der Waals surface area (Å²) < 4.78 is 11.3. The van der Waals surface area contributed by atoms with Crippen LogP contribution < -0.4 is 14.8 Å². The van der Waals surface area contributed by atoms with Crippen molar-refractivity contribution in [1.82, 2.24) is 5.32 Å². The molecule has 188 valence electrons. The molecule has 0 saturated heterocycles. The standard InChI is InChI=1S/C15H20ClNO2.C13H19ClO/c1-3-14(13-8-10(13)2)17-15(18)9-19-12-6-4-11(16)5-7-12;1-3-5-12(6-4-2)15-13-9-7-11(14)8-10-13/h4-7,10,13-14H,3,8-9H2,1-2H3,(H,17,18);7-10,12H,3-6H2,1-2H3. The molecule has 3 unspecified atom stereocenters. The van der Waals surface area contributed by atoms with Crippen molar-refractivity contribution in [3.8, 4) is 11.5 Å². The highest BCUT2D eigenvalue weighted by Crippen LogP contribution is 2.41. The fourth-order valence-corrected chi connectivity index (χ4v) is 4.22. The highest BCUT2D eigenvalue weighted by molar-refractivity contribution is 6.30. The number of hydrogen-bond acceptors (Lipinski definition) is 3. The molecule has 0 aromatic heterocycles. The van der Waals surface area contributed by atoms with Crippen molar-refractivity contribution in [3.63, 3.8) is 0 Å². The maximum Gasteiger partial charge on any atom is 0.258 e. The number of hydrogen-bond donors (Lipinski definition) is 1. The van der Waals surface area contributed by atoms with Crippen molar-refractivity contribution in [2.24, 2.45) is 11.8 Å². The summed E-state index contributed by atoms with van der Waals surface area (Å²) in [6.07, 6.45) is 7.11. The SMILES string of the molecule is CCC(NC(=O)COc1ccc(Cl)cc1)C1CC1C.CCCC(CCC)Oc1ccc(Cl)cc1. The van der Waals surface area contributed by atoms with Crippen molar-refractivity contribution in [2.75, 3.05) is 6.61 Å². The van der Waals surface area contributed by atoms with E-state index in [0.29, 0.717) is 22.8 Å². The molecular formula is C28H39Cl2NO3. The zero-order chi connectivity index (χ0) is 24.9. The average molecular weight is 509 g/mol. The Balaban J connectivity index is 0.000000248. The van der Waals surface area contributed by atoms with E-state index in [2.05, 4.69) is 33.0 Å². The Kier molecular flexibility index (Phi) is 12.6. The molecule has 3 atom stereocenters. The van der Waals surface area contributed by atoms with Crippen LogP contribution in [-0.2, 0) is 4.79 Å². The van der Waals surface area contributed by atoms with Gasteiger partial charge in [0.2, 0.25) is 0 Å². The fourth-order valence-electron chi connectivity index (χ4n) is 3.96. The van der Waals surface area contributed by atoms with Gasteiger partial charge in [-0.15, -0.1) is 0 Å². The van der Waals surface area contributed by atoms with E-state index >= 15 is 0 Å². The van der Waals surface area contributed by atoms with Gasteiger partial charge in [-0.25, -0.2) is 0 Å². The highest BCUT2D eigenvalue weighted by Gasteiger charge is 2.39. The lowest BCUT2D eigenvalue weighted by atomic mass is 10.1. The second-order valence-electron chi connectivity index (χ2n) is 8.97. The number of benzene rings is 2. The lowest BCUT2D eigenvalue weighted by molar-refractivity contribution is -0.124. The molecule has 1 aliphatic rings. The van der Waals surface area contributed by atoms with Crippen LogP contribution in [0.3, 0.4) is 0 Å². The van der Waals surface area contributed by atoms with E-state index in [4.69, 9.17) is 32.7 Å². The Morgan fingerprint density at radius 2 is 1.44 bits per heavy atom. The predicted octanol–water partition coefficient (Wildman–Crippen LogP) is 7.96. The average Bonchev–Trinajstić information content (AvgIpc) is 3.55. The molecule has 0 bridgehead atoms. The summed E-state index contributed by atoms with van der Waals surface area (Å²) in [7, 11) is 0. The van der Waals surface area contributed by atoms with Crippen LogP contribution in [0.5, 0.6) is 11.5 Å². The molecule has 1 N–H and O–H groups in total. The number of amides is 1. The van der Waals surface area contributed by atoms with Crippen molar-refractivity contribution in [3.05, 3.63) is 58.6 Å². The molecule has 1 aliphatic carbocycles. The highest BCUT2D eigenvalue weighted by atomic mass is 35.5. The van der Waals surface area contributed by atoms with Gasteiger partial charge in [-0.05, 0) is 86.1 Å². The van der Waals surface area contributed by atoms with E-state index in [0.717, 1.165) is 48.8 Å². The molecule has 6 heteroatoms. The Morgan fingerprint density at radius 3 is 1.88 bits per heavy atom. The molecule has 0 radical (unpaired) electrons. The second-order valence-corrected chi connectivity index (χ2v) is 9.85. The summed E-state index contributed by atoms with van der Waals surface area (Å²) in [5.41, 5.74) is 0. The van der Waals surface area contributed by atoms with Crippen molar-refractivity contribution in [2.45, 2.75) is 78.4 Å². The molecule has 34 heavy (non-hydrogen) atoms. The van der Waals surface area contributed by atoms with Gasteiger partial charge in [0.1, 0.15) is 11.5 Å². The van der Waals surface area contributed by atoms with Gasteiger partial charge >= 0.3 is 0 Å². The third-order valence-corrected chi connectivity index (χ3v) is 6.50. The second kappa shape index (κ2) is 15.2. The monoisotopic (exact) mass is 507 g/mol. The van der Waals surface area contributed by atoms with E-state index in [1.807, 2.05) is 24.3 Å². The zero-order valence-corrected chi connectivity index (χ0v) is 22.4. The zero-order valence-electron chi connectivity index (χ0n) is 20.9. The number of ether oxygens (including phenoxy) is 2. The van der Waals surface area contributed by atoms with Gasteiger partial charge in [-0.3, -0.25) is 4.79 Å². The lowest BCUT2D eigenvalue weighted by Gasteiger charge is -2.17. The van der Waals surface area contributed by atoms with Crippen LogP contribution in [0.1, 0.15) is 66.2 Å². The van der Waals surface area contributed by atoms with Crippen molar-refractivity contribution in [1.29, 1.82) is 0 Å². The first kappa shape index (κ1) is 28.3. The molecule has 2 aromatic rings. The molecule has 2 aromatic carbocycles. The number of halogens is 2. The minimum atomic E-state index is -0.0547. The lowest BCUT2D eigenvalue weighted by Crippen LogP contribution is -2.39. The fraction of sp³-hybridized carbons (Fsp3) is 0.536. The Morgan fingerprint density at radius 1 is 0.941 bits per heavy atom. The number of rotatable bonds is 12. The van der Waals surface area contributed by atoms with Gasteiger partial charge in [0.05, 0.1) is 6.10 Å². The number of carbonyl (C=O) groups is 1. The van der Waals surface area contributed by atoms with Crippen LogP contribution in [0.15, 0.2) is 48.5 Å². The molecule has 1 amide bonds. The molecule has 3 rings (SSSR count). The minimum absolute atomic E-state index is 0.0547. The summed E-state index contributed by atoms with van der Waals surface area (Å²) >= 11 is 11.6. The van der Waals surface area contributed by atoms with E-state index in [1.165, 1.54) is 6.42 Å². The van der Waals surface area contributed by atoms with Gasteiger partial charge in [-0.1, -0.05) is 63.7 Å². The van der Waals surface area contributed by atoms with E-state index < -0.39 is 0 Å². The van der Waals surface area contributed by atoms with Crippen molar-refractivity contribution >= 4 is 29.1 Å². The summed E-state index contributed by atoms with van der Waals surface area (Å²) in [4.78, 5) is 11.8. The van der Waals surface area contributed by atoms with Crippen molar-refractivity contribution < 1.29 is 14.3 Å². The summed E-state index contributed by atoms with van der Waals surface area (Å²) in [5, 5.41) is 4.46. The van der Waals surface area contributed by atoms with Crippen LogP contribution in [0.4, 0.5) is 0 Å². The molecule has 1 saturated carbocycles. The minimum Gasteiger partial charge on any atom is -0.490 e. The van der Waals surface area contributed by atoms with Crippen LogP contribution >= 0.6 is 23.2 Å². The molecule has 1 fully saturated rings. The third kappa shape index (κ3) is 10.6. The third-order valence-electron chi connectivity index (χ3n) is 6.00. The predicted molar refractivity (Wildman–Crippen MR) is 142 cm³/mol. The van der Waals surface area contributed by atoms with E-state index in [1.54, 1.807) is 24.3 Å². The van der Waals surface area contributed by atoms with Gasteiger partial charge < -0.3 is 14.8 Å². The van der Waals surface area contributed by atoms with Crippen LogP contribution in [0.25, 0.3) is 0 Å². The number of nitrogens with one attached hydrogen (secondary N) is 1. The molecule has 0 heterocycles. The topological polar surface area (TPSA) is 47.6 Å². The van der Waals surface area contributed by atoms with Crippen LogP contribution in [0.2, 0.25) is 10.0 Å². The Hall–Kier alpha value is -1.91. The summed E-state index contributed by atoms with van der Waals surface area (Å²) in [6.45, 7) is 8.76. The smallest absolute Gasteiger partial charge is 0.258 e. The quantitative estimate of drug-likeness (QED) is 0.316. The molecular weight excluding hydrogens is 469 g/mol. The van der Waals surface area contributed by atoms with Gasteiger partial charge in [0.25, 0.3) is 5.91 Å². The first-order valence-electron chi connectivity index (χ1n) is 12.5.